The summed E-state index contributed by atoms with van der Waals surface area (Å²) in [5, 5.41) is 8.91. The van der Waals surface area contributed by atoms with E-state index in [0.717, 1.165) is 5.56 Å². The van der Waals surface area contributed by atoms with E-state index in [9.17, 15) is 0 Å². The van der Waals surface area contributed by atoms with Crippen LogP contribution in [0.4, 0.5) is 0 Å². The van der Waals surface area contributed by atoms with E-state index in [1.165, 1.54) is 0 Å². The van der Waals surface area contributed by atoms with Crippen molar-refractivity contribution in [3.63, 3.8) is 0 Å². The lowest BCUT2D eigenvalue weighted by molar-refractivity contribution is 0.197. The van der Waals surface area contributed by atoms with Gasteiger partial charge in [0, 0.05) is 5.56 Å². The van der Waals surface area contributed by atoms with Crippen LogP contribution in [0.5, 0.6) is 0 Å². The Kier molecular flexibility index (Phi) is 3.70. The van der Waals surface area contributed by atoms with Gasteiger partial charge in [0.15, 0.2) is 5.05 Å². The predicted octanol–water partition coefficient (Wildman–Crippen LogP) is 1.37. The van der Waals surface area contributed by atoms with Crippen LogP contribution in [0, 0.1) is 0 Å². The minimum Gasteiger partial charge on any atom is -0.480 e. The number of hydrogen-bond donors (Lipinski definition) is 1. The van der Waals surface area contributed by atoms with Gasteiger partial charge >= 0.3 is 0 Å². The smallest absolute Gasteiger partial charge is 0.191 e. The summed E-state index contributed by atoms with van der Waals surface area (Å²) in [5.74, 6) is 0. The van der Waals surface area contributed by atoms with Crippen LogP contribution < -0.4 is 0 Å². The van der Waals surface area contributed by atoms with Gasteiger partial charge in [-0.25, -0.2) is 0 Å². The molecule has 0 heterocycles. The highest BCUT2D eigenvalue weighted by Crippen LogP contribution is 2.01. The molecule has 0 saturated heterocycles. The summed E-state index contributed by atoms with van der Waals surface area (Å²) in [6.07, 6.45) is 0. The standard InChI is InChI=1S/C9H10O2S/c10-6-7-11-9(12)8-4-2-1-3-5-8/h1-5,10H,6-7H2. The zero-order valence-electron chi connectivity index (χ0n) is 6.56. The number of thiocarbonyl (C=S) groups is 1. The predicted molar refractivity (Wildman–Crippen MR) is 51.2 cm³/mol. The van der Waals surface area contributed by atoms with Gasteiger partial charge in [0.1, 0.15) is 6.61 Å². The first-order valence-corrected chi connectivity index (χ1v) is 4.08. The number of aliphatic hydroxyl groups is 1. The second-order valence-electron chi connectivity index (χ2n) is 2.23. The van der Waals surface area contributed by atoms with E-state index in [4.69, 9.17) is 22.1 Å². The first-order valence-electron chi connectivity index (χ1n) is 3.67. The van der Waals surface area contributed by atoms with Crippen molar-refractivity contribution < 1.29 is 9.84 Å². The minimum absolute atomic E-state index is 0.00697. The van der Waals surface area contributed by atoms with Crippen molar-refractivity contribution in [3.05, 3.63) is 35.9 Å². The molecule has 0 amide bonds. The molecule has 12 heavy (non-hydrogen) atoms. The molecule has 1 aromatic carbocycles. The largest absolute Gasteiger partial charge is 0.480 e. The van der Waals surface area contributed by atoms with Crippen LogP contribution in [0.15, 0.2) is 30.3 Å². The molecule has 64 valence electrons. The molecular weight excluding hydrogens is 172 g/mol. The van der Waals surface area contributed by atoms with Crippen molar-refractivity contribution in [1.82, 2.24) is 0 Å². The van der Waals surface area contributed by atoms with E-state index in [1.807, 2.05) is 30.3 Å². The Morgan fingerprint density at radius 1 is 1.33 bits per heavy atom. The highest BCUT2D eigenvalue weighted by molar-refractivity contribution is 7.80. The lowest BCUT2D eigenvalue weighted by Crippen LogP contribution is -2.07. The highest BCUT2D eigenvalue weighted by Gasteiger charge is 1.98. The van der Waals surface area contributed by atoms with Crippen LogP contribution in [0.2, 0.25) is 0 Å². The molecule has 3 heteroatoms. The molecule has 0 fully saturated rings. The molecule has 0 radical (unpaired) electrons. The van der Waals surface area contributed by atoms with Crippen molar-refractivity contribution in [3.8, 4) is 0 Å². The molecule has 1 rings (SSSR count). The SMILES string of the molecule is OCCOC(=S)c1ccccc1. The van der Waals surface area contributed by atoms with Crippen LogP contribution >= 0.6 is 12.2 Å². The minimum atomic E-state index is -0.00697. The van der Waals surface area contributed by atoms with Crippen molar-refractivity contribution in [1.29, 1.82) is 0 Å². The van der Waals surface area contributed by atoms with E-state index in [-0.39, 0.29) is 13.2 Å². The van der Waals surface area contributed by atoms with Gasteiger partial charge in [-0.1, -0.05) is 30.3 Å². The lowest BCUT2D eigenvalue weighted by Gasteiger charge is -2.04. The molecule has 0 atom stereocenters. The summed E-state index contributed by atoms with van der Waals surface area (Å²) in [5.41, 5.74) is 0.876. The first-order chi connectivity index (χ1) is 5.84. The van der Waals surface area contributed by atoms with Crippen LogP contribution in [-0.2, 0) is 4.74 Å². The zero-order chi connectivity index (χ0) is 8.81. The van der Waals surface area contributed by atoms with Gasteiger partial charge in [-0.15, -0.1) is 0 Å². The summed E-state index contributed by atoms with van der Waals surface area (Å²) >= 11 is 4.95. The normalized spacial score (nSPS) is 9.42. The third kappa shape index (κ3) is 2.60. The Balaban J connectivity index is 2.54. The number of hydrogen-bond acceptors (Lipinski definition) is 3. The maximum atomic E-state index is 8.48. The molecule has 1 aromatic rings. The fraction of sp³-hybridized carbons (Fsp3) is 0.222. The topological polar surface area (TPSA) is 29.5 Å². The summed E-state index contributed by atoms with van der Waals surface area (Å²) in [6, 6.07) is 9.45. The highest BCUT2D eigenvalue weighted by atomic mass is 32.1. The molecule has 2 nitrogen and oxygen atoms in total. The number of rotatable bonds is 3. The number of aliphatic hydroxyl groups excluding tert-OH is 1. The summed E-state index contributed by atoms with van der Waals surface area (Å²) in [4.78, 5) is 0. The number of ether oxygens (including phenoxy) is 1. The van der Waals surface area contributed by atoms with Gasteiger partial charge in [-0.3, -0.25) is 0 Å². The van der Waals surface area contributed by atoms with Gasteiger partial charge in [0.05, 0.1) is 6.61 Å². The average molecular weight is 182 g/mol. The first kappa shape index (κ1) is 9.16. The fourth-order valence-corrected chi connectivity index (χ4v) is 1.02. The van der Waals surface area contributed by atoms with E-state index in [0.29, 0.717) is 5.05 Å². The lowest BCUT2D eigenvalue weighted by atomic mass is 10.2. The summed E-state index contributed by atoms with van der Waals surface area (Å²) < 4.78 is 5.06. The zero-order valence-corrected chi connectivity index (χ0v) is 7.38. The van der Waals surface area contributed by atoms with Gasteiger partial charge < -0.3 is 9.84 Å². The molecule has 0 aliphatic heterocycles. The second-order valence-corrected chi connectivity index (χ2v) is 2.60. The Hall–Kier alpha value is -0.930. The van der Waals surface area contributed by atoms with E-state index >= 15 is 0 Å². The quantitative estimate of drug-likeness (QED) is 0.716. The Bertz CT molecular complexity index is 246. The molecule has 0 aliphatic carbocycles. The Labute approximate surface area is 76.8 Å². The van der Waals surface area contributed by atoms with Crippen molar-refractivity contribution in [2.75, 3.05) is 13.2 Å². The molecular formula is C9H10O2S. The van der Waals surface area contributed by atoms with Crippen LogP contribution in [-0.4, -0.2) is 23.4 Å². The number of benzene rings is 1. The Morgan fingerprint density at radius 2 is 2.00 bits per heavy atom. The monoisotopic (exact) mass is 182 g/mol. The maximum Gasteiger partial charge on any atom is 0.191 e. The molecule has 0 spiro atoms. The van der Waals surface area contributed by atoms with E-state index in [2.05, 4.69) is 0 Å². The van der Waals surface area contributed by atoms with Crippen LogP contribution in [0.3, 0.4) is 0 Å². The van der Waals surface area contributed by atoms with Gasteiger partial charge in [0.25, 0.3) is 0 Å². The molecule has 0 bridgehead atoms. The fourth-order valence-electron chi connectivity index (χ4n) is 0.796. The molecule has 0 aliphatic rings. The molecule has 1 N–H and O–H groups in total. The molecule has 0 aromatic heterocycles. The Morgan fingerprint density at radius 3 is 2.58 bits per heavy atom. The average Bonchev–Trinajstić information content (AvgIpc) is 2.15. The molecule has 0 saturated carbocycles. The van der Waals surface area contributed by atoms with Gasteiger partial charge in [0.2, 0.25) is 0 Å². The van der Waals surface area contributed by atoms with E-state index < -0.39 is 0 Å². The summed E-state index contributed by atoms with van der Waals surface area (Å²) in [6.45, 7) is 0.251. The maximum absolute atomic E-state index is 8.48. The summed E-state index contributed by atoms with van der Waals surface area (Å²) in [7, 11) is 0. The van der Waals surface area contributed by atoms with Crippen molar-refractivity contribution in [2.24, 2.45) is 0 Å². The molecule has 0 unspecified atom stereocenters. The van der Waals surface area contributed by atoms with Crippen molar-refractivity contribution >= 4 is 17.3 Å². The van der Waals surface area contributed by atoms with Crippen LogP contribution in [0.25, 0.3) is 0 Å². The van der Waals surface area contributed by atoms with Gasteiger partial charge in [-0.2, -0.15) is 0 Å². The third-order valence-corrected chi connectivity index (χ3v) is 1.69. The second kappa shape index (κ2) is 4.85. The van der Waals surface area contributed by atoms with Crippen molar-refractivity contribution in [2.45, 2.75) is 0 Å². The van der Waals surface area contributed by atoms with Crippen LogP contribution in [0.1, 0.15) is 5.56 Å². The third-order valence-electron chi connectivity index (χ3n) is 1.33. The van der Waals surface area contributed by atoms with E-state index in [1.54, 1.807) is 0 Å². The van der Waals surface area contributed by atoms with Gasteiger partial charge in [-0.05, 0) is 12.2 Å².